The van der Waals surface area contributed by atoms with E-state index in [1.165, 1.54) is 23.4 Å². The number of rotatable bonds is 6. The van der Waals surface area contributed by atoms with Crippen molar-refractivity contribution in [1.29, 1.82) is 0 Å². The van der Waals surface area contributed by atoms with Crippen molar-refractivity contribution >= 4 is 8.32 Å². The third kappa shape index (κ3) is 4.19. The van der Waals surface area contributed by atoms with Crippen LogP contribution >= 0.6 is 0 Å². The summed E-state index contributed by atoms with van der Waals surface area (Å²) in [5.74, 6) is -1.52. The minimum atomic E-state index is -2.24. The van der Waals surface area contributed by atoms with Crippen LogP contribution in [0.4, 0.5) is 8.78 Å². The lowest BCUT2D eigenvalue weighted by Gasteiger charge is -2.43. The van der Waals surface area contributed by atoms with Crippen molar-refractivity contribution in [3.63, 3.8) is 0 Å². The van der Waals surface area contributed by atoms with E-state index < -0.39 is 31.7 Å². The third-order valence-corrected chi connectivity index (χ3v) is 9.77. The van der Waals surface area contributed by atoms with Crippen molar-refractivity contribution in [3.8, 4) is 0 Å². The molecule has 0 amide bonds. The van der Waals surface area contributed by atoms with Gasteiger partial charge in [-0.1, -0.05) is 26.8 Å². The van der Waals surface area contributed by atoms with Crippen molar-refractivity contribution < 1.29 is 18.3 Å². The number of nitrogens with zero attached hydrogens (tertiary/aromatic N) is 3. The van der Waals surface area contributed by atoms with Gasteiger partial charge in [-0.05, 0) is 31.1 Å². The van der Waals surface area contributed by atoms with Gasteiger partial charge in [0.05, 0.1) is 12.6 Å². The molecule has 0 unspecified atom stereocenters. The normalized spacial score (nSPS) is 16.3. The second-order valence-electron chi connectivity index (χ2n) is 8.16. The molecule has 1 aromatic carbocycles. The lowest BCUT2D eigenvalue weighted by molar-refractivity contribution is -0.0810. The number of benzene rings is 1. The highest BCUT2D eigenvalue weighted by Gasteiger charge is 2.46. The summed E-state index contributed by atoms with van der Waals surface area (Å²) in [6.45, 7) is 12.0. The molecule has 0 aliphatic rings. The first-order valence-electron chi connectivity index (χ1n) is 8.55. The Hall–Kier alpha value is -1.64. The van der Waals surface area contributed by atoms with Crippen molar-refractivity contribution in [3.05, 3.63) is 48.1 Å². The molecule has 1 N–H and O–H groups in total. The van der Waals surface area contributed by atoms with E-state index in [1.807, 2.05) is 0 Å². The van der Waals surface area contributed by atoms with Crippen molar-refractivity contribution in [2.45, 2.75) is 64.1 Å². The van der Waals surface area contributed by atoms with Crippen molar-refractivity contribution in [1.82, 2.24) is 14.8 Å². The second-order valence-corrected chi connectivity index (χ2v) is 12.9. The molecular formula is C18H27F2N3O2Si. The van der Waals surface area contributed by atoms with Crippen LogP contribution in [0.2, 0.25) is 18.1 Å². The van der Waals surface area contributed by atoms with Crippen LogP contribution in [0.25, 0.3) is 0 Å². The smallest absolute Gasteiger partial charge is 0.192 e. The molecule has 0 saturated carbocycles. The average molecular weight is 384 g/mol. The molecule has 144 valence electrons. The Balaban J connectivity index is 2.46. The SMILES string of the molecule is C[C@@H](O[Si](C)(C)C(C)(C)C)[C@@](O)(Cn1cncn1)c1ccc(F)cc1F. The summed E-state index contributed by atoms with van der Waals surface area (Å²) in [4.78, 5) is 3.86. The standard InChI is InChI=1S/C18H27F2N3O2Si/c1-13(25-26(5,6)17(2,3)4)18(24,10-23-12-21-11-22-23)15-8-7-14(19)9-16(15)20/h7-9,11-13,24H,10H2,1-6H3/t13-,18+/m1/s1. The quantitative estimate of drug-likeness (QED) is 0.770. The Bertz CT molecular complexity index is 747. The fraction of sp³-hybridized carbons (Fsp3) is 0.556. The van der Waals surface area contributed by atoms with Gasteiger partial charge in [-0.25, -0.2) is 18.4 Å². The zero-order valence-electron chi connectivity index (χ0n) is 16.1. The topological polar surface area (TPSA) is 60.2 Å². The molecule has 2 atom stereocenters. The van der Waals surface area contributed by atoms with Gasteiger partial charge in [-0.3, -0.25) is 0 Å². The Morgan fingerprint density at radius 1 is 1.27 bits per heavy atom. The summed E-state index contributed by atoms with van der Waals surface area (Å²) in [6.07, 6.45) is 2.03. The van der Waals surface area contributed by atoms with Gasteiger partial charge in [-0.2, -0.15) is 5.10 Å². The van der Waals surface area contributed by atoms with E-state index in [2.05, 4.69) is 43.9 Å². The summed E-state index contributed by atoms with van der Waals surface area (Å²) in [5, 5.41) is 15.4. The number of hydrogen-bond acceptors (Lipinski definition) is 4. The monoisotopic (exact) mass is 383 g/mol. The van der Waals surface area contributed by atoms with Gasteiger partial charge in [0.15, 0.2) is 8.32 Å². The molecular weight excluding hydrogens is 356 g/mol. The first-order valence-corrected chi connectivity index (χ1v) is 11.5. The predicted molar refractivity (Wildman–Crippen MR) is 98.0 cm³/mol. The minimum Gasteiger partial charge on any atom is -0.411 e. The van der Waals surface area contributed by atoms with E-state index in [0.29, 0.717) is 0 Å². The van der Waals surface area contributed by atoms with E-state index in [9.17, 15) is 13.9 Å². The number of halogens is 2. The fourth-order valence-corrected chi connectivity index (χ4v) is 3.98. The highest BCUT2D eigenvalue weighted by atomic mass is 28.4. The van der Waals surface area contributed by atoms with Gasteiger partial charge in [0.25, 0.3) is 0 Å². The Kier molecular flexibility index (Phi) is 5.70. The maximum absolute atomic E-state index is 14.5. The molecule has 8 heteroatoms. The number of aromatic nitrogens is 3. The van der Waals surface area contributed by atoms with Crippen molar-refractivity contribution in [2.24, 2.45) is 0 Å². The van der Waals surface area contributed by atoms with Gasteiger partial charge in [0.1, 0.15) is 29.9 Å². The maximum atomic E-state index is 14.5. The predicted octanol–water partition coefficient (Wildman–Crippen LogP) is 3.85. The van der Waals surface area contributed by atoms with Crippen LogP contribution in [-0.2, 0) is 16.6 Å². The lowest BCUT2D eigenvalue weighted by Crippen LogP contribution is -2.51. The molecule has 0 spiro atoms. The van der Waals surface area contributed by atoms with Crippen LogP contribution in [0.15, 0.2) is 30.9 Å². The maximum Gasteiger partial charge on any atom is 0.192 e. The number of hydrogen-bond donors (Lipinski definition) is 1. The molecule has 2 rings (SSSR count). The molecule has 1 aromatic heterocycles. The van der Waals surface area contributed by atoms with Crippen LogP contribution in [0.3, 0.4) is 0 Å². The van der Waals surface area contributed by atoms with E-state index in [-0.39, 0.29) is 17.1 Å². The summed E-state index contributed by atoms with van der Waals surface area (Å²) in [5.41, 5.74) is -1.76. The molecule has 2 aromatic rings. The molecule has 5 nitrogen and oxygen atoms in total. The van der Waals surface area contributed by atoms with Crippen LogP contribution < -0.4 is 0 Å². The molecule has 1 heterocycles. The Labute approximate surface area is 154 Å². The Morgan fingerprint density at radius 2 is 1.92 bits per heavy atom. The zero-order valence-corrected chi connectivity index (χ0v) is 17.1. The van der Waals surface area contributed by atoms with Gasteiger partial charge in [0.2, 0.25) is 0 Å². The summed E-state index contributed by atoms with van der Waals surface area (Å²) in [6, 6.07) is 3.15. The van der Waals surface area contributed by atoms with Gasteiger partial charge in [-0.15, -0.1) is 0 Å². The van der Waals surface area contributed by atoms with E-state index in [4.69, 9.17) is 4.43 Å². The molecule has 0 aliphatic carbocycles. The molecule has 0 radical (unpaired) electrons. The molecule has 0 fully saturated rings. The third-order valence-electron chi connectivity index (χ3n) is 5.22. The fourth-order valence-electron chi connectivity index (χ4n) is 2.55. The van der Waals surface area contributed by atoms with E-state index in [1.54, 1.807) is 6.92 Å². The Morgan fingerprint density at radius 3 is 2.42 bits per heavy atom. The average Bonchev–Trinajstić information content (AvgIpc) is 2.97. The van der Waals surface area contributed by atoms with Crippen LogP contribution in [0, 0.1) is 11.6 Å². The summed E-state index contributed by atoms with van der Waals surface area (Å²) in [7, 11) is -2.24. The highest BCUT2D eigenvalue weighted by molar-refractivity contribution is 6.74. The van der Waals surface area contributed by atoms with Gasteiger partial charge in [0, 0.05) is 11.6 Å². The summed E-state index contributed by atoms with van der Waals surface area (Å²) < 4.78 is 35.6. The zero-order chi connectivity index (χ0) is 19.8. The molecule has 0 aliphatic heterocycles. The van der Waals surface area contributed by atoms with Crippen LogP contribution in [0.1, 0.15) is 33.3 Å². The largest absolute Gasteiger partial charge is 0.411 e. The second kappa shape index (κ2) is 7.17. The van der Waals surface area contributed by atoms with E-state index in [0.717, 1.165) is 12.1 Å². The van der Waals surface area contributed by atoms with Crippen LogP contribution in [0.5, 0.6) is 0 Å². The first-order chi connectivity index (χ1) is 11.9. The van der Waals surface area contributed by atoms with Gasteiger partial charge >= 0.3 is 0 Å². The highest BCUT2D eigenvalue weighted by Crippen LogP contribution is 2.40. The van der Waals surface area contributed by atoms with Crippen LogP contribution in [-0.4, -0.2) is 34.3 Å². The molecule has 0 saturated heterocycles. The molecule has 26 heavy (non-hydrogen) atoms. The van der Waals surface area contributed by atoms with Gasteiger partial charge < -0.3 is 9.53 Å². The lowest BCUT2D eigenvalue weighted by atomic mass is 9.88. The number of aliphatic hydroxyl groups is 1. The molecule has 0 bridgehead atoms. The first kappa shape index (κ1) is 20.7. The summed E-state index contributed by atoms with van der Waals surface area (Å²) >= 11 is 0. The van der Waals surface area contributed by atoms with E-state index >= 15 is 0 Å². The van der Waals surface area contributed by atoms with Crippen molar-refractivity contribution in [2.75, 3.05) is 0 Å². The minimum absolute atomic E-state index is 0.0272.